The SMILES string of the molecule is CCCCCCCC1(CNCC(C)C)CCOCC1. The van der Waals surface area contributed by atoms with Crippen molar-refractivity contribution in [2.75, 3.05) is 26.3 Å². The summed E-state index contributed by atoms with van der Waals surface area (Å²) in [6.45, 7) is 11.1. The first-order valence-corrected chi connectivity index (χ1v) is 8.47. The van der Waals surface area contributed by atoms with E-state index in [1.807, 2.05) is 0 Å². The summed E-state index contributed by atoms with van der Waals surface area (Å²) in [5.41, 5.74) is 0.527. The fourth-order valence-corrected chi connectivity index (χ4v) is 3.05. The summed E-state index contributed by atoms with van der Waals surface area (Å²) in [6.07, 6.45) is 10.9. The minimum Gasteiger partial charge on any atom is -0.381 e. The van der Waals surface area contributed by atoms with Crippen molar-refractivity contribution in [3.05, 3.63) is 0 Å². The van der Waals surface area contributed by atoms with Crippen molar-refractivity contribution in [3.8, 4) is 0 Å². The first-order chi connectivity index (χ1) is 9.18. The molecule has 114 valence electrons. The molecule has 19 heavy (non-hydrogen) atoms. The zero-order valence-corrected chi connectivity index (χ0v) is 13.5. The second kappa shape index (κ2) is 9.77. The minimum absolute atomic E-state index is 0.527. The number of hydrogen-bond donors (Lipinski definition) is 1. The molecule has 0 aromatic carbocycles. The topological polar surface area (TPSA) is 21.3 Å². The Morgan fingerprint density at radius 1 is 1.05 bits per heavy atom. The highest BCUT2D eigenvalue weighted by molar-refractivity contribution is 4.84. The second-order valence-electron chi connectivity index (χ2n) is 6.80. The maximum Gasteiger partial charge on any atom is 0.0471 e. The lowest BCUT2D eigenvalue weighted by molar-refractivity contribution is 0.00891. The summed E-state index contributed by atoms with van der Waals surface area (Å²) in [6, 6.07) is 0. The van der Waals surface area contributed by atoms with E-state index in [2.05, 4.69) is 26.1 Å². The molecule has 1 N–H and O–H groups in total. The van der Waals surface area contributed by atoms with E-state index in [-0.39, 0.29) is 0 Å². The van der Waals surface area contributed by atoms with E-state index in [0.29, 0.717) is 5.41 Å². The van der Waals surface area contributed by atoms with Crippen LogP contribution in [0, 0.1) is 11.3 Å². The Labute approximate surface area is 120 Å². The highest BCUT2D eigenvalue weighted by Crippen LogP contribution is 2.35. The van der Waals surface area contributed by atoms with Gasteiger partial charge in [0.05, 0.1) is 0 Å². The molecule has 2 heteroatoms. The summed E-state index contributed by atoms with van der Waals surface area (Å²) in [5, 5.41) is 3.69. The summed E-state index contributed by atoms with van der Waals surface area (Å²) in [4.78, 5) is 0. The molecule has 0 aromatic rings. The lowest BCUT2D eigenvalue weighted by Gasteiger charge is -2.38. The molecule has 2 nitrogen and oxygen atoms in total. The van der Waals surface area contributed by atoms with E-state index in [9.17, 15) is 0 Å². The number of ether oxygens (including phenoxy) is 1. The van der Waals surface area contributed by atoms with E-state index in [1.165, 1.54) is 57.9 Å². The van der Waals surface area contributed by atoms with Crippen LogP contribution >= 0.6 is 0 Å². The van der Waals surface area contributed by atoms with Gasteiger partial charge in [0, 0.05) is 19.8 Å². The highest BCUT2D eigenvalue weighted by atomic mass is 16.5. The number of nitrogens with one attached hydrogen (secondary N) is 1. The zero-order valence-electron chi connectivity index (χ0n) is 13.5. The Morgan fingerprint density at radius 2 is 1.74 bits per heavy atom. The fourth-order valence-electron chi connectivity index (χ4n) is 3.05. The predicted molar refractivity (Wildman–Crippen MR) is 83.6 cm³/mol. The molecule has 1 fully saturated rings. The largest absolute Gasteiger partial charge is 0.381 e. The van der Waals surface area contributed by atoms with Crippen molar-refractivity contribution in [1.29, 1.82) is 0 Å². The first kappa shape index (κ1) is 17.0. The standard InChI is InChI=1S/C17H35NO/c1-4-5-6-7-8-9-17(10-12-19-13-11-17)15-18-14-16(2)3/h16,18H,4-15H2,1-3H3. The Morgan fingerprint density at radius 3 is 2.37 bits per heavy atom. The van der Waals surface area contributed by atoms with Crippen LogP contribution < -0.4 is 5.32 Å². The third-order valence-electron chi connectivity index (χ3n) is 4.42. The van der Waals surface area contributed by atoms with Gasteiger partial charge in [0.2, 0.25) is 0 Å². The smallest absolute Gasteiger partial charge is 0.0471 e. The van der Waals surface area contributed by atoms with Crippen LogP contribution in [-0.2, 0) is 4.74 Å². The van der Waals surface area contributed by atoms with Crippen LogP contribution in [0.2, 0.25) is 0 Å². The molecule has 1 aliphatic rings. The number of rotatable bonds is 10. The number of hydrogen-bond acceptors (Lipinski definition) is 2. The van der Waals surface area contributed by atoms with Crippen LogP contribution in [0.3, 0.4) is 0 Å². The van der Waals surface area contributed by atoms with Gasteiger partial charge in [-0.05, 0) is 37.1 Å². The van der Waals surface area contributed by atoms with Gasteiger partial charge in [0.1, 0.15) is 0 Å². The fraction of sp³-hybridized carbons (Fsp3) is 1.00. The lowest BCUT2D eigenvalue weighted by Crippen LogP contribution is -2.40. The van der Waals surface area contributed by atoms with Gasteiger partial charge in [-0.2, -0.15) is 0 Å². The van der Waals surface area contributed by atoms with E-state index in [1.54, 1.807) is 0 Å². The van der Waals surface area contributed by atoms with Gasteiger partial charge in [0.25, 0.3) is 0 Å². The van der Waals surface area contributed by atoms with Crippen molar-refractivity contribution in [1.82, 2.24) is 5.32 Å². The molecular formula is C17H35NO. The molecule has 0 spiro atoms. The maximum atomic E-state index is 5.57. The van der Waals surface area contributed by atoms with E-state index >= 15 is 0 Å². The molecule has 0 aliphatic carbocycles. The lowest BCUT2D eigenvalue weighted by atomic mass is 9.75. The van der Waals surface area contributed by atoms with Crippen LogP contribution in [-0.4, -0.2) is 26.3 Å². The molecule has 1 heterocycles. The molecule has 0 radical (unpaired) electrons. The Hall–Kier alpha value is -0.0800. The molecule has 1 rings (SSSR count). The molecule has 1 saturated heterocycles. The van der Waals surface area contributed by atoms with Gasteiger partial charge in [-0.1, -0.05) is 52.9 Å². The number of unbranched alkanes of at least 4 members (excludes halogenated alkanes) is 4. The summed E-state index contributed by atoms with van der Waals surface area (Å²) < 4.78 is 5.57. The van der Waals surface area contributed by atoms with Gasteiger partial charge < -0.3 is 10.1 Å². The molecule has 0 amide bonds. The van der Waals surface area contributed by atoms with Gasteiger partial charge in [-0.15, -0.1) is 0 Å². The summed E-state index contributed by atoms with van der Waals surface area (Å²) in [7, 11) is 0. The zero-order chi connectivity index (χ0) is 14.0. The van der Waals surface area contributed by atoms with Gasteiger partial charge >= 0.3 is 0 Å². The normalized spacial score (nSPS) is 18.9. The van der Waals surface area contributed by atoms with Crippen molar-refractivity contribution >= 4 is 0 Å². The maximum absolute atomic E-state index is 5.57. The van der Waals surface area contributed by atoms with Crippen molar-refractivity contribution in [2.45, 2.75) is 72.1 Å². The van der Waals surface area contributed by atoms with Crippen molar-refractivity contribution in [2.24, 2.45) is 11.3 Å². The molecule has 0 aromatic heterocycles. The van der Waals surface area contributed by atoms with Crippen LogP contribution in [0.15, 0.2) is 0 Å². The molecular weight excluding hydrogens is 234 g/mol. The average Bonchev–Trinajstić information content (AvgIpc) is 2.39. The molecule has 0 saturated carbocycles. The van der Waals surface area contributed by atoms with Gasteiger partial charge in [-0.3, -0.25) is 0 Å². The van der Waals surface area contributed by atoms with Crippen molar-refractivity contribution in [3.63, 3.8) is 0 Å². The van der Waals surface area contributed by atoms with E-state index in [0.717, 1.165) is 25.7 Å². The first-order valence-electron chi connectivity index (χ1n) is 8.47. The molecule has 1 aliphatic heterocycles. The van der Waals surface area contributed by atoms with Gasteiger partial charge in [-0.25, -0.2) is 0 Å². The molecule has 0 atom stereocenters. The highest BCUT2D eigenvalue weighted by Gasteiger charge is 2.31. The van der Waals surface area contributed by atoms with Crippen LogP contribution in [0.4, 0.5) is 0 Å². The Kier molecular flexibility index (Phi) is 8.72. The van der Waals surface area contributed by atoms with Crippen LogP contribution in [0.5, 0.6) is 0 Å². The Balaban J connectivity index is 2.28. The summed E-state index contributed by atoms with van der Waals surface area (Å²) in [5.74, 6) is 0.751. The third kappa shape index (κ3) is 7.31. The van der Waals surface area contributed by atoms with Crippen molar-refractivity contribution < 1.29 is 4.74 Å². The summed E-state index contributed by atoms with van der Waals surface area (Å²) >= 11 is 0. The van der Waals surface area contributed by atoms with E-state index in [4.69, 9.17) is 4.74 Å². The minimum atomic E-state index is 0.527. The second-order valence-corrected chi connectivity index (χ2v) is 6.80. The quantitative estimate of drug-likeness (QED) is 0.594. The molecule has 0 bridgehead atoms. The third-order valence-corrected chi connectivity index (χ3v) is 4.42. The predicted octanol–water partition coefficient (Wildman–Crippen LogP) is 4.39. The Bertz CT molecular complexity index is 209. The molecule has 0 unspecified atom stereocenters. The van der Waals surface area contributed by atoms with Crippen LogP contribution in [0.1, 0.15) is 72.1 Å². The van der Waals surface area contributed by atoms with Crippen LogP contribution in [0.25, 0.3) is 0 Å². The average molecular weight is 269 g/mol. The monoisotopic (exact) mass is 269 g/mol. The van der Waals surface area contributed by atoms with Gasteiger partial charge in [0.15, 0.2) is 0 Å². The van der Waals surface area contributed by atoms with E-state index < -0.39 is 0 Å².